The van der Waals surface area contributed by atoms with Crippen LogP contribution in [0, 0.1) is 6.92 Å². The van der Waals surface area contributed by atoms with E-state index in [0.29, 0.717) is 17.9 Å². The number of carbonyl (C=O) groups is 2. The molecule has 0 aliphatic heterocycles. The molecule has 0 heterocycles. The molecular formula is C12H16N2O2S. The van der Waals surface area contributed by atoms with Crippen LogP contribution in [-0.4, -0.2) is 23.3 Å². The Morgan fingerprint density at radius 1 is 1.41 bits per heavy atom. The van der Waals surface area contributed by atoms with Gasteiger partial charge >= 0.3 is 0 Å². The summed E-state index contributed by atoms with van der Waals surface area (Å²) in [5.41, 5.74) is 6.89. The first-order chi connectivity index (χ1) is 8.08. The van der Waals surface area contributed by atoms with E-state index in [1.165, 1.54) is 11.8 Å². The highest BCUT2D eigenvalue weighted by molar-refractivity contribution is 7.99. The van der Waals surface area contributed by atoms with Gasteiger partial charge in [0, 0.05) is 17.9 Å². The lowest BCUT2D eigenvalue weighted by Gasteiger charge is -2.05. The van der Waals surface area contributed by atoms with E-state index in [2.05, 4.69) is 5.32 Å². The summed E-state index contributed by atoms with van der Waals surface area (Å²) in [4.78, 5) is 22.0. The molecule has 3 N–H and O–H groups in total. The molecule has 0 spiro atoms. The third-order valence-electron chi connectivity index (χ3n) is 2.03. The van der Waals surface area contributed by atoms with Crippen LogP contribution in [0.4, 0.5) is 5.69 Å². The lowest BCUT2D eigenvalue weighted by atomic mass is 10.2. The zero-order valence-corrected chi connectivity index (χ0v) is 10.5. The molecule has 0 aliphatic carbocycles. The fraction of sp³-hybridized carbons (Fsp3) is 0.333. The van der Waals surface area contributed by atoms with Gasteiger partial charge < -0.3 is 11.1 Å². The van der Waals surface area contributed by atoms with Crippen molar-refractivity contribution in [3.8, 4) is 0 Å². The first-order valence-corrected chi connectivity index (χ1v) is 6.46. The van der Waals surface area contributed by atoms with E-state index in [1.807, 2.05) is 31.2 Å². The summed E-state index contributed by atoms with van der Waals surface area (Å²) in [7, 11) is 0. The lowest BCUT2D eigenvalue weighted by molar-refractivity contribution is -0.117. The van der Waals surface area contributed by atoms with Crippen molar-refractivity contribution < 1.29 is 9.59 Å². The van der Waals surface area contributed by atoms with Crippen molar-refractivity contribution in [3.63, 3.8) is 0 Å². The van der Waals surface area contributed by atoms with Crippen LogP contribution in [0.2, 0.25) is 0 Å². The van der Waals surface area contributed by atoms with E-state index in [-0.39, 0.29) is 11.8 Å². The van der Waals surface area contributed by atoms with Gasteiger partial charge in [-0.25, -0.2) is 0 Å². The molecule has 0 bridgehead atoms. The molecule has 0 atom stereocenters. The third-order valence-corrected chi connectivity index (χ3v) is 2.99. The number of nitrogens with one attached hydrogen (secondary N) is 1. The number of anilines is 1. The van der Waals surface area contributed by atoms with Crippen molar-refractivity contribution in [2.75, 3.05) is 16.8 Å². The van der Waals surface area contributed by atoms with Crippen molar-refractivity contribution in [1.82, 2.24) is 0 Å². The first kappa shape index (κ1) is 13.6. The summed E-state index contributed by atoms with van der Waals surface area (Å²) >= 11 is 1.40. The van der Waals surface area contributed by atoms with Crippen LogP contribution in [-0.2, 0) is 9.59 Å². The summed E-state index contributed by atoms with van der Waals surface area (Å²) in [6, 6.07) is 7.62. The van der Waals surface area contributed by atoms with Gasteiger partial charge in [-0.15, -0.1) is 0 Å². The minimum absolute atomic E-state index is 0.0647. The number of carbonyl (C=O) groups excluding carboxylic acids is 2. The number of hydrogen-bond acceptors (Lipinski definition) is 3. The molecule has 2 amide bonds. The van der Waals surface area contributed by atoms with Gasteiger partial charge in [0.05, 0.1) is 5.75 Å². The Balaban J connectivity index is 2.27. The summed E-state index contributed by atoms with van der Waals surface area (Å²) in [5, 5.41) is 2.79. The second-order valence-corrected chi connectivity index (χ2v) is 4.79. The number of rotatable bonds is 6. The quantitative estimate of drug-likeness (QED) is 0.754. The molecule has 1 rings (SSSR count). The van der Waals surface area contributed by atoms with Crippen LogP contribution in [0.3, 0.4) is 0 Å². The Bertz CT molecular complexity index is 407. The number of amides is 2. The monoisotopic (exact) mass is 252 g/mol. The van der Waals surface area contributed by atoms with E-state index in [4.69, 9.17) is 5.73 Å². The molecule has 0 radical (unpaired) electrons. The molecular weight excluding hydrogens is 236 g/mol. The van der Waals surface area contributed by atoms with E-state index >= 15 is 0 Å². The van der Waals surface area contributed by atoms with Crippen LogP contribution in [0.25, 0.3) is 0 Å². The van der Waals surface area contributed by atoms with E-state index in [0.717, 1.165) is 11.3 Å². The van der Waals surface area contributed by atoms with Gasteiger partial charge in [-0.3, -0.25) is 9.59 Å². The maximum atomic E-state index is 11.5. The Hall–Kier alpha value is -1.49. The van der Waals surface area contributed by atoms with Crippen molar-refractivity contribution in [2.24, 2.45) is 5.73 Å². The molecule has 1 aromatic carbocycles. The zero-order valence-electron chi connectivity index (χ0n) is 9.73. The average Bonchev–Trinajstić information content (AvgIpc) is 2.24. The van der Waals surface area contributed by atoms with Gasteiger partial charge in [-0.05, 0) is 24.6 Å². The topological polar surface area (TPSA) is 72.2 Å². The second kappa shape index (κ2) is 6.96. The van der Waals surface area contributed by atoms with Crippen molar-refractivity contribution >= 4 is 29.3 Å². The average molecular weight is 252 g/mol. The number of hydrogen-bond donors (Lipinski definition) is 2. The predicted octanol–water partition coefficient (Wildman–Crippen LogP) is 1.54. The van der Waals surface area contributed by atoms with Crippen LogP contribution >= 0.6 is 11.8 Å². The van der Waals surface area contributed by atoms with Crippen LogP contribution in [0.5, 0.6) is 0 Å². The van der Waals surface area contributed by atoms with Crippen LogP contribution < -0.4 is 11.1 Å². The van der Waals surface area contributed by atoms with E-state index in [9.17, 15) is 9.59 Å². The zero-order chi connectivity index (χ0) is 12.7. The van der Waals surface area contributed by atoms with Gasteiger partial charge in [0.1, 0.15) is 0 Å². The van der Waals surface area contributed by atoms with Crippen LogP contribution in [0.15, 0.2) is 24.3 Å². The Kier molecular flexibility index (Phi) is 5.56. The van der Waals surface area contributed by atoms with Gasteiger partial charge in [0.25, 0.3) is 0 Å². The molecule has 4 nitrogen and oxygen atoms in total. The molecule has 0 aromatic heterocycles. The molecule has 0 aliphatic rings. The van der Waals surface area contributed by atoms with Crippen LogP contribution in [0.1, 0.15) is 12.0 Å². The number of thioether (sulfide) groups is 1. The number of aryl methyl sites for hydroxylation is 1. The maximum absolute atomic E-state index is 11.5. The minimum atomic E-state index is -0.336. The Morgan fingerprint density at radius 3 is 2.82 bits per heavy atom. The minimum Gasteiger partial charge on any atom is -0.370 e. The largest absolute Gasteiger partial charge is 0.370 e. The molecule has 5 heteroatoms. The molecule has 1 aromatic rings. The SMILES string of the molecule is Cc1cccc(NC(=O)CSCCC(N)=O)c1. The van der Waals surface area contributed by atoms with Crippen molar-refractivity contribution in [2.45, 2.75) is 13.3 Å². The molecule has 0 fully saturated rings. The van der Waals surface area contributed by atoms with Crippen molar-refractivity contribution in [3.05, 3.63) is 29.8 Å². The molecule has 0 saturated heterocycles. The number of benzene rings is 1. The highest BCUT2D eigenvalue weighted by atomic mass is 32.2. The highest BCUT2D eigenvalue weighted by Crippen LogP contribution is 2.10. The summed E-state index contributed by atoms with van der Waals surface area (Å²) in [6.07, 6.45) is 0.308. The molecule has 92 valence electrons. The third kappa shape index (κ3) is 5.97. The van der Waals surface area contributed by atoms with Gasteiger partial charge in [0.2, 0.25) is 11.8 Å². The lowest BCUT2D eigenvalue weighted by Crippen LogP contribution is -2.16. The fourth-order valence-electron chi connectivity index (χ4n) is 1.26. The Morgan fingerprint density at radius 2 is 2.18 bits per heavy atom. The number of primary amides is 1. The fourth-order valence-corrected chi connectivity index (χ4v) is 2.00. The van der Waals surface area contributed by atoms with E-state index in [1.54, 1.807) is 0 Å². The standard InChI is InChI=1S/C12H16N2O2S/c1-9-3-2-4-10(7-9)14-12(16)8-17-6-5-11(13)15/h2-4,7H,5-6,8H2,1H3,(H2,13,15)(H,14,16). The predicted molar refractivity (Wildman–Crippen MR) is 70.9 cm³/mol. The van der Waals surface area contributed by atoms with Crippen molar-refractivity contribution in [1.29, 1.82) is 0 Å². The normalized spacial score (nSPS) is 9.94. The highest BCUT2D eigenvalue weighted by Gasteiger charge is 2.03. The van der Waals surface area contributed by atoms with Gasteiger partial charge in [-0.1, -0.05) is 12.1 Å². The van der Waals surface area contributed by atoms with E-state index < -0.39 is 0 Å². The summed E-state index contributed by atoms with van der Waals surface area (Å²) < 4.78 is 0. The maximum Gasteiger partial charge on any atom is 0.234 e. The second-order valence-electron chi connectivity index (χ2n) is 3.69. The molecule has 0 saturated carbocycles. The van der Waals surface area contributed by atoms with Gasteiger partial charge in [-0.2, -0.15) is 11.8 Å². The van der Waals surface area contributed by atoms with Gasteiger partial charge in [0.15, 0.2) is 0 Å². The number of nitrogens with two attached hydrogens (primary N) is 1. The molecule has 0 unspecified atom stereocenters. The first-order valence-electron chi connectivity index (χ1n) is 5.30. The Labute approximate surface area is 105 Å². The summed E-state index contributed by atoms with van der Waals surface area (Å²) in [5.74, 6) is 0.513. The molecule has 17 heavy (non-hydrogen) atoms. The smallest absolute Gasteiger partial charge is 0.234 e. The summed E-state index contributed by atoms with van der Waals surface area (Å²) in [6.45, 7) is 1.97.